The minimum absolute atomic E-state index is 0.306. The van der Waals surface area contributed by atoms with E-state index in [9.17, 15) is 4.79 Å². The first-order valence-corrected chi connectivity index (χ1v) is 7.99. The Kier molecular flexibility index (Phi) is 4.47. The molecule has 0 bridgehead atoms. The fourth-order valence-corrected chi connectivity index (χ4v) is 2.68. The van der Waals surface area contributed by atoms with Gasteiger partial charge in [0.05, 0.1) is 17.7 Å². The zero-order chi connectivity index (χ0) is 17.1. The smallest absolute Gasteiger partial charge is 0.338 e. The topological polar surface area (TPSA) is 51.2 Å². The lowest BCUT2D eigenvalue weighted by Crippen LogP contribution is -2.04. The van der Waals surface area contributed by atoms with Crippen LogP contribution in [0, 0.1) is 13.8 Å². The van der Waals surface area contributed by atoms with Gasteiger partial charge in [-0.15, -0.1) is 0 Å². The van der Waals surface area contributed by atoms with Gasteiger partial charge >= 0.3 is 5.97 Å². The van der Waals surface area contributed by atoms with Gasteiger partial charge in [-0.05, 0) is 62.2 Å². The highest BCUT2D eigenvalue weighted by Gasteiger charge is 2.07. The molecule has 3 rings (SSSR count). The van der Waals surface area contributed by atoms with Gasteiger partial charge in [0.25, 0.3) is 0 Å². The number of esters is 1. The van der Waals surface area contributed by atoms with E-state index >= 15 is 0 Å². The van der Waals surface area contributed by atoms with Crippen molar-refractivity contribution in [3.8, 4) is 0 Å². The molecule has 2 aromatic carbocycles. The molecule has 122 valence electrons. The number of para-hydroxylation sites is 1. The predicted octanol–water partition coefficient (Wildman–Crippen LogP) is 4.77. The number of carbonyl (C=O) groups is 1. The number of aryl methyl sites for hydroxylation is 2. The van der Waals surface area contributed by atoms with E-state index in [4.69, 9.17) is 9.72 Å². The van der Waals surface area contributed by atoms with Gasteiger partial charge in [0.2, 0.25) is 0 Å². The first kappa shape index (κ1) is 16.0. The Morgan fingerprint density at radius 3 is 2.54 bits per heavy atom. The maximum absolute atomic E-state index is 11.7. The first-order chi connectivity index (χ1) is 11.6. The molecule has 1 N–H and O–H groups in total. The number of anilines is 2. The van der Waals surface area contributed by atoms with E-state index in [1.807, 2.05) is 24.3 Å². The van der Waals surface area contributed by atoms with Crippen LogP contribution in [0.25, 0.3) is 10.9 Å². The molecule has 3 aromatic rings. The second-order valence-electron chi connectivity index (χ2n) is 5.72. The molecule has 0 amide bonds. The highest BCUT2D eigenvalue weighted by molar-refractivity contribution is 5.90. The van der Waals surface area contributed by atoms with Crippen molar-refractivity contribution in [1.82, 2.24) is 4.98 Å². The molecule has 0 unspecified atom stereocenters. The maximum atomic E-state index is 11.7. The van der Waals surface area contributed by atoms with E-state index in [-0.39, 0.29) is 5.97 Å². The molecule has 4 heteroatoms. The van der Waals surface area contributed by atoms with Crippen LogP contribution in [0.15, 0.2) is 48.5 Å². The second kappa shape index (κ2) is 6.71. The summed E-state index contributed by atoms with van der Waals surface area (Å²) in [6.07, 6.45) is 0. The van der Waals surface area contributed by atoms with Crippen molar-refractivity contribution in [2.24, 2.45) is 0 Å². The van der Waals surface area contributed by atoms with E-state index in [0.717, 1.165) is 22.6 Å². The van der Waals surface area contributed by atoms with Crippen LogP contribution in [0.4, 0.5) is 11.5 Å². The largest absolute Gasteiger partial charge is 0.462 e. The van der Waals surface area contributed by atoms with Crippen LogP contribution >= 0.6 is 0 Å². The van der Waals surface area contributed by atoms with Crippen molar-refractivity contribution in [2.75, 3.05) is 11.9 Å². The Bertz CT molecular complexity index is 886. The number of nitrogens with zero attached hydrogens (tertiary/aromatic N) is 1. The van der Waals surface area contributed by atoms with Crippen LogP contribution in [0.5, 0.6) is 0 Å². The van der Waals surface area contributed by atoms with Crippen molar-refractivity contribution in [3.63, 3.8) is 0 Å². The molecule has 0 aliphatic carbocycles. The summed E-state index contributed by atoms with van der Waals surface area (Å²) in [5.74, 6) is 0.484. The lowest BCUT2D eigenvalue weighted by molar-refractivity contribution is 0.0526. The van der Waals surface area contributed by atoms with Gasteiger partial charge in [0, 0.05) is 11.1 Å². The quantitative estimate of drug-likeness (QED) is 0.703. The summed E-state index contributed by atoms with van der Waals surface area (Å²) in [6, 6.07) is 15.4. The van der Waals surface area contributed by atoms with E-state index in [1.54, 1.807) is 19.1 Å². The molecule has 0 fully saturated rings. The minimum atomic E-state index is -0.306. The molecule has 0 aliphatic rings. The fourth-order valence-electron chi connectivity index (χ4n) is 2.68. The molecule has 0 spiro atoms. The van der Waals surface area contributed by atoms with E-state index < -0.39 is 0 Å². The van der Waals surface area contributed by atoms with Crippen LogP contribution in [0.2, 0.25) is 0 Å². The summed E-state index contributed by atoms with van der Waals surface area (Å²) in [5.41, 5.74) is 4.75. The summed E-state index contributed by atoms with van der Waals surface area (Å²) in [4.78, 5) is 16.4. The second-order valence-corrected chi connectivity index (χ2v) is 5.72. The first-order valence-electron chi connectivity index (χ1n) is 7.99. The average Bonchev–Trinajstić information content (AvgIpc) is 2.57. The third-order valence-electron chi connectivity index (χ3n) is 3.92. The summed E-state index contributed by atoms with van der Waals surface area (Å²) in [5, 5.41) is 4.46. The van der Waals surface area contributed by atoms with Crippen LogP contribution in [-0.2, 0) is 4.74 Å². The number of ether oxygens (including phenoxy) is 1. The van der Waals surface area contributed by atoms with Crippen LogP contribution in [0.1, 0.15) is 28.4 Å². The molecular formula is C20H20N2O2. The summed E-state index contributed by atoms with van der Waals surface area (Å²) >= 11 is 0. The zero-order valence-electron chi connectivity index (χ0n) is 14.1. The summed E-state index contributed by atoms with van der Waals surface area (Å²) < 4.78 is 4.99. The molecule has 1 heterocycles. The molecule has 0 atom stereocenters. The highest BCUT2D eigenvalue weighted by atomic mass is 16.5. The number of hydrogen-bond acceptors (Lipinski definition) is 4. The molecule has 24 heavy (non-hydrogen) atoms. The van der Waals surface area contributed by atoms with Crippen molar-refractivity contribution >= 4 is 28.4 Å². The van der Waals surface area contributed by atoms with Gasteiger partial charge in [-0.25, -0.2) is 9.78 Å². The Morgan fingerprint density at radius 2 is 1.83 bits per heavy atom. The van der Waals surface area contributed by atoms with Crippen molar-refractivity contribution in [2.45, 2.75) is 20.8 Å². The maximum Gasteiger partial charge on any atom is 0.338 e. The van der Waals surface area contributed by atoms with Gasteiger partial charge in [-0.2, -0.15) is 0 Å². The number of aromatic nitrogens is 1. The van der Waals surface area contributed by atoms with E-state index in [1.165, 1.54) is 10.9 Å². The number of carbonyl (C=O) groups excluding carboxylic acids is 1. The molecule has 4 nitrogen and oxygen atoms in total. The number of rotatable bonds is 4. The van der Waals surface area contributed by atoms with E-state index in [0.29, 0.717) is 12.2 Å². The van der Waals surface area contributed by atoms with Crippen molar-refractivity contribution in [1.29, 1.82) is 0 Å². The lowest BCUT2D eigenvalue weighted by atomic mass is 10.1. The molecule has 0 aliphatic heterocycles. The normalized spacial score (nSPS) is 10.6. The van der Waals surface area contributed by atoms with Crippen molar-refractivity contribution < 1.29 is 9.53 Å². The number of hydrogen-bond donors (Lipinski definition) is 1. The summed E-state index contributed by atoms with van der Waals surface area (Å²) in [6.45, 7) is 6.31. The van der Waals surface area contributed by atoms with Gasteiger partial charge in [0.1, 0.15) is 5.82 Å². The minimum Gasteiger partial charge on any atom is -0.462 e. The Labute approximate surface area is 141 Å². The number of benzene rings is 2. The molecule has 0 saturated heterocycles. The SMILES string of the molecule is CCOC(=O)c1ccc(Nc2cc(C)c3cccc(C)c3n2)cc1. The average molecular weight is 320 g/mol. The van der Waals surface area contributed by atoms with Crippen LogP contribution in [0.3, 0.4) is 0 Å². The van der Waals surface area contributed by atoms with Gasteiger partial charge in [0.15, 0.2) is 0 Å². The monoisotopic (exact) mass is 320 g/mol. The fraction of sp³-hybridized carbons (Fsp3) is 0.200. The van der Waals surface area contributed by atoms with Gasteiger partial charge < -0.3 is 10.1 Å². The van der Waals surface area contributed by atoms with Gasteiger partial charge in [-0.1, -0.05) is 18.2 Å². The number of fused-ring (bicyclic) bond motifs is 1. The Morgan fingerprint density at radius 1 is 1.08 bits per heavy atom. The Balaban J connectivity index is 1.87. The Hall–Kier alpha value is -2.88. The van der Waals surface area contributed by atoms with Crippen LogP contribution < -0.4 is 5.32 Å². The number of pyridine rings is 1. The molecule has 0 radical (unpaired) electrons. The third-order valence-corrected chi connectivity index (χ3v) is 3.92. The summed E-state index contributed by atoms with van der Waals surface area (Å²) in [7, 11) is 0. The molecule has 1 aromatic heterocycles. The zero-order valence-corrected chi connectivity index (χ0v) is 14.1. The molecule has 0 saturated carbocycles. The highest BCUT2D eigenvalue weighted by Crippen LogP contribution is 2.24. The van der Waals surface area contributed by atoms with Crippen molar-refractivity contribution in [3.05, 3.63) is 65.2 Å². The van der Waals surface area contributed by atoms with Crippen LogP contribution in [-0.4, -0.2) is 17.6 Å². The molecular weight excluding hydrogens is 300 g/mol. The predicted molar refractivity (Wildman–Crippen MR) is 96.9 cm³/mol. The van der Waals surface area contributed by atoms with E-state index in [2.05, 4.69) is 31.3 Å². The lowest BCUT2D eigenvalue weighted by Gasteiger charge is -2.11. The number of nitrogens with one attached hydrogen (secondary N) is 1. The van der Waals surface area contributed by atoms with Gasteiger partial charge in [-0.3, -0.25) is 0 Å². The third kappa shape index (κ3) is 3.23. The standard InChI is InChI=1S/C20H20N2O2/c1-4-24-20(23)15-8-10-16(11-9-15)21-18-12-14(3)17-7-5-6-13(2)19(17)22-18/h5-12H,4H2,1-3H3,(H,21,22).